The Balaban J connectivity index is 0.000000240. The van der Waals surface area contributed by atoms with Gasteiger partial charge in [0.1, 0.15) is 5.75 Å². The fourth-order valence-corrected chi connectivity index (χ4v) is 2.12. The van der Waals surface area contributed by atoms with Crippen molar-refractivity contribution in [2.45, 2.75) is 20.8 Å². The third kappa shape index (κ3) is 5.84. The third-order valence-corrected chi connectivity index (χ3v) is 3.35. The summed E-state index contributed by atoms with van der Waals surface area (Å²) in [4.78, 5) is 0. The van der Waals surface area contributed by atoms with Crippen molar-refractivity contribution in [2.24, 2.45) is 0 Å². The number of ether oxygens (including phenoxy) is 2. The van der Waals surface area contributed by atoms with E-state index < -0.39 is 0 Å². The highest BCUT2D eigenvalue weighted by Gasteiger charge is 1.99. The summed E-state index contributed by atoms with van der Waals surface area (Å²) in [5.74, 6) is 1.63. The van der Waals surface area contributed by atoms with Crippen molar-refractivity contribution in [1.82, 2.24) is 0 Å². The first-order valence-electron chi connectivity index (χ1n) is 7.82. The third-order valence-electron chi connectivity index (χ3n) is 3.35. The molecule has 0 radical (unpaired) electrons. The summed E-state index contributed by atoms with van der Waals surface area (Å²) in [6.45, 7) is 5.99. The molecule has 0 unspecified atom stereocenters. The van der Waals surface area contributed by atoms with E-state index >= 15 is 0 Å². The monoisotopic (exact) mass is 326 g/mol. The number of phenolic OH excluding ortho intramolecular Hbond substituents is 1. The van der Waals surface area contributed by atoms with Crippen molar-refractivity contribution < 1.29 is 14.6 Å². The summed E-state index contributed by atoms with van der Waals surface area (Å²) < 4.78 is 10.1. The lowest BCUT2D eigenvalue weighted by Gasteiger charge is -2.04. The van der Waals surface area contributed by atoms with E-state index in [9.17, 15) is 5.11 Å². The smallest absolute Gasteiger partial charge is 0.161 e. The van der Waals surface area contributed by atoms with Crippen molar-refractivity contribution >= 4 is 12.2 Å². The van der Waals surface area contributed by atoms with Crippen LogP contribution in [0, 0.1) is 6.92 Å². The molecule has 128 valence electrons. The first kappa shape index (κ1) is 19.4. The van der Waals surface area contributed by atoms with E-state index in [0.29, 0.717) is 5.75 Å². The van der Waals surface area contributed by atoms with Crippen molar-refractivity contribution in [3.05, 3.63) is 65.2 Å². The number of phenols is 1. The van der Waals surface area contributed by atoms with E-state index in [-0.39, 0.29) is 5.75 Å². The van der Waals surface area contributed by atoms with Gasteiger partial charge in [-0.15, -0.1) is 0 Å². The Bertz CT molecular complexity index is 639. The number of hydrogen-bond acceptors (Lipinski definition) is 3. The zero-order valence-corrected chi connectivity index (χ0v) is 15.0. The molecular formula is C21H26O3. The maximum absolute atomic E-state index is 9.25. The number of benzene rings is 2. The second-order valence-electron chi connectivity index (χ2n) is 5.16. The molecule has 24 heavy (non-hydrogen) atoms. The lowest BCUT2D eigenvalue weighted by Crippen LogP contribution is -1.86. The molecule has 0 saturated carbocycles. The van der Waals surface area contributed by atoms with Gasteiger partial charge >= 0.3 is 0 Å². The summed E-state index contributed by atoms with van der Waals surface area (Å²) in [6.07, 6.45) is 7.96. The molecule has 0 fully saturated rings. The SMILES string of the molecule is C/C=C/c1ccc(C)c(OC)c1.C/C=C/c1ccc(O)c(OC)c1. The number of aromatic hydroxyl groups is 1. The van der Waals surface area contributed by atoms with E-state index in [4.69, 9.17) is 9.47 Å². The molecular weight excluding hydrogens is 300 g/mol. The molecule has 0 heterocycles. The predicted octanol–water partition coefficient (Wildman–Crippen LogP) is 5.47. The predicted molar refractivity (Wildman–Crippen MR) is 102 cm³/mol. The second-order valence-corrected chi connectivity index (χ2v) is 5.16. The average Bonchev–Trinajstić information content (AvgIpc) is 2.59. The van der Waals surface area contributed by atoms with E-state index in [1.165, 1.54) is 18.2 Å². The summed E-state index contributed by atoms with van der Waals surface area (Å²) in [6, 6.07) is 11.4. The van der Waals surface area contributed by atoms with Crippen LogP contribution in [0.3, 0.4) is 0 Å². The molecule has 0 aliphatic rings. The molecule has 0 aliphatic carbocycles. The van der Waals surface area contributed by atoms with Crippen LogP contribution < -0.4 is 9.47 Å². The van der Waals surface area contributed by atoms with Gasteiger partial charge in [-0.3, -0.25) is 0 Å². The topological polar surface area (TPSA) is 38.7 Å². The quantitative estimate of drug-likeness (QED) is 0.809. The highest BCUT2D eigenvalue weighted by molar-refractivity contribution is 5.55. The molecule has 3 nitrogen and oxygen atoms in total. The van der Waals surface area contributed by atoms with Gasteiger partial charge in [-0.1, -0.05) is 42.5 Å². The Morgan fingerprint density at radius 2 is 1.29 bits per heavy atom. The Labute approximate surface area is 144 Å². The summed E-state index contributed by atoms with van der Waals surface area (Å²) in [5, 5.41) is 9.25. The van der Waals surface area contributed by atoms with Crippen LogP contribution >= 0.6 is 0 Å². The molecule has 2 aromatic rings. The second kappa shape index (κ2) is 10.2. The van der Waals surface area contributed by atoms with Crippen LogP contribution in [0.15, 0.2) is 48.6 Å². The van der Waals surface area contributed by atoms with E-state index in [1.54, 1.807) is 19.2 Å². The molecule has 1 N–H and O–H groups in total. The number of aryl methyl sites for hydroxylation is 1. The molecule has 0 aliphatic heterocycles. The van der Waals surface area contributed by atoms with Gasteiger partial charge in [0.15, 0.2) is 11.5 Å². The number of rotatable bonds is 4. The summed E-state index contributed by atoms with van der Waals surface area (Å²) in [5.41, 5.74) is 3.37. The van der Waals surface area contributed by atoms with E-state index in [1.807, 2.05) is 51.1 Å². The van der Waals surface area contributed by atoms with Crippen LogP contribution in [0.4, 0.5) is 0 Å². The molecule has 0 bridgehead atoms. The summed E-state index contributed by atoms with van der Waals surface area (Å²) in [7, 11) is 3.23. The first-order chi connectivity index (χ1) is 11.5. The fraction of sp³-hybridized carbons (Fsp3) is 0.238. The van der Waals surface area contributed by atoms with Crippen molar-refractivity contribution in [2.75, 3.05) is 14.2 Å². The van der Waals surface area contributed by atoms with Gasteiger partial charge in [0, 0.05) is 0 Å². The van der Waals surface area contributed by atoms with Crippen LogP contribution in [0.5, 0.6) is 17.2 Å². The minimum Gasteiger partial charge on any atom is -0.504 e. The van der Waals surface area contributed by atoms with Crippen LogP contribution in [-0.2, 0) is 0 Å². The van der Waals surface area contributed by atoms with Gasteiger partial charge in [-0.2, -0.15) is 0 Å². The van der Waals surface area contributed by atoms with Crippen molar-refractivity contribution in [3.8, 4) is 17.2 Å². The van der Waals surface area contributed by atoms with Gasteiger partial charge in [-0.05, 0) is 55.7 Å². The van der Waals surface area contributed by atoms with Gasteiger partial charge < -0.3 is 14.6 Å². The van der Waals surface area contributed by atoms with Crippen LogP contribution in [0.2, 0.25) is 0 Å². The molecule has 0 atom stereocenters. The Morgan fingerprint density at radius 3 is 1.79 bits per heavy atom. The van der Waals surface area contributed by atoms with Crippen molar-refractivity contribution in [3.63, 3.8) is 0 Å². The van der Waals surface area contributed by atoms with E-state index in [0.717, 1.165) is 11.3 Å². The number of allylic oxidation sites excluding steroid dienone is 2. The summed E-state index contributed by atoms with van der Waals surface area (Å²) >= 11 is 0. The minimum absolute atomic E-state index is 0.172. The molecule has 0 aromatic heterocycles. The maximum Gasteiger partial charge on any atom is 0.161 e. The Morgan fingerprint density at radius 1 is 0.792 bits per heavy atom. The van der Waals surface area contributed by atoms with Gasteiger partial charge in [-0.25, -0.2) is 0 Å². The lowest BCUT2D eigenvalue weighted by molar-refractivity contribution is 0.373. The Hall–Kier alpha value is -2.68. The average molecular weight is 326 g/mol. The minimum atomic E-state index is 0.172. The van der Waals surface area contributed by atoms with E-state index in [2.05, 4.69) is 18.2 Å². The van der Waals surface area contributed by atoms with Gasteiger partial charge in [0.25, 0.3) is 0 Å². The molecule has 2 rings (SSSR count). The highest BCUT2D eigenvalue weighted by atomic mass is 16.5. The van der Waals surface area contributed by atoms with Crippen LogP contribution in [0.25, 0.3) is 12.2 Å². The molecule has 2 aromatic carbocycles. The number of hydrogen-bond donors (Lipinski definition) is 1. The number of methoxy groups -OCH3 is 2. The first-order valence-corrected chi connectivity index (χ1v) is 7.82. The molecule has 3 heteroatoms. The normalized spacial score (nSPS) is 10.5. The molecule has 0 saturated heterocycles. The van der Waals surface area contributed by atoms with Gasteiger partial charge in [0.2, 0.25) is 0 Å². The standard InChI is InChI=1S/C11H14O.C10H12O2/c1-4-5-10-7-6-9(2)11(8-10)12-3;1-3-4-8-5-6-9(11)10(7-8)12-2/h4-8H,1-3H3;3-7,11H,1-2H3/b5-4+;4-3+. The van der Waals surface area contributed by atoms with Crippen molar-refractivity contribution in [1.29, 1.82) is 0 Å². The molecule has 0 spiro atoms. The van der Waals surface area contributed by atoms with Gasteiger partial charge in [0.05, 0.1) is 14.2 Å². The van der Waals surface area contributed by atoms with Crippen LogP contribution in [-0.4, -0.2) is 19.3 Å². The maximum atomic E-state index is 9.25. The lowest BCUT2D eigenvalue weighted by atomic mass is 10.1. The highest BCUT2D eigenvalue weighted by Crippen LogP contribution is 2.26. The largest absolute Gasteiger partial charge is 0.504 e. The zero-order valence-electron chi connectivity index (χ0n) is 15.0. The molecule has 0 amide bonds. The zero-order chi connectivity index (χ0) is 17.9. The fourth-order valence-electron chi connectivity index (χ4n) is 2.12. The Kier molecular flexibility index (Phi) is 8.20. The van der Waals surface area contributed by atoms with Crippen LogP contribution in [0.1, 0.15) is 30.5 Å².